The van der Waals surface area contributed by atoms with E-state index in [1.165, 1.54) is 11.3 Å². The van der Waals surface area contributed by atoms with Gasteiger partial charge in [-0.1, -0.05) is 12.1 Å². The molecule has 2 rings (SSSR count). The Hall–Kier alpha value is -1.35. The smallest absolute Gasteiger partial charge is 0.337 e. The summed E-state index contributed by atoms with van der Waals surface area (Å²) in [5, 5.41) is 11.9. The quantitative estimate of drug-likeness (QED) is 0.754. The van der Waals surface area contributed by atoms with E-state index in [4.69, 9.17) is 5.11 Å². The molecule has 0 fully saturated rings. The van der Waals surface area contributed by atoms with E-state index in [1.807, 2.05) is 18.4 Å². The van der Waals surface area contributed by atoms with Crippen molar-refractivity contribution in [3.05, 3.63) is 34.7 Å². The number of hydrogen-bond donors (Lipinski definition) is 1. The van der Waals surface area contributed by atoms with E-state index in [2.05, 4.69) is 0 Å². The molecule has 0 saturated heterocycles. The summed E-state index contributed by atoms with van der Waals surface area (Å²) >= 11 is 1.49. The Balaban J connectivity index is 2.84. The number of carboxylic acid groups (broad SMARTS) is 1. The van der Waals surface area contributed by atoms with E-state index in [-0.39, 0.29) is 0 Å². The van der Waals surface area contributed by atoms with Crippen LogP contribution in [0.5, 0.6) is 0 Å². The summed E-state index contributed by atoms with van der Waals surface area (Å²) in [6.45, 7) is 1.99. The molecule has 0 aliphatic heterocycles. The number of thiophene rings is 1. The van der Waals surface area contributed by atoms with E-state index in [1.54, 1.807) is 12.1 Å². The predicted molar refractivity (Wildman–Crippen MR) is 53.5 cm³/mol. The average molecular weight is 192 g/mol. The van der Waals surface area contributed by atoms with Crippen molar-refractivity contribution in [3.63, 3.8) is 0 Å². The lowest BCUT2D eigenvalue weighted by molar-refractivity contribution is 0.0699. The highest BCUT2D eigenvalue weighted by Gasteiger charge is 2.09. The van der Waals surface area contributed by atoms with Crippen LogP contribution in [0.25, 0.3) is 10.1 Å². The number of aromatic carboxylic acids is 1. The van der Waals surface area contributed by atoms with Crippen LogP contribution in [0.1, 0.15) is 15.9 Å². The fourth-order valence-electron chi connectivity index (χ4n) is 1.35. The first-order valence-electron chi connectivity index (χ1n) is 3.90. The van der Waals surface area contributed by atoms with Gasteiger partial charge in [-0.05, 0) is 29.3 Å². The third kappa shape index (κ3) is 1.21. The summed E-state index contributed by atoms with van der Waals surface area (Å²) in [4.78, 5) is 10.8. The van der Waals surface area contributed by atoms with Crippen LogP contribution in [0.4, 0.5) is 0 Å². The van der Waals surface area contributed by atoms with Crippen LogP contribution in [0.2, 0.25) is 0 Å². The first kappa shape index (κ1) is 8.26. The number of benzene rings is 1. The molecular formula is C10H8O2S. The molecule has 0 spiro atoms. The van der Waals surface area contributed by atoms with Gasteiger partial charge in [0.1, 0.15) is 0 Å². The van der Waals surface area contributed by atoms with Gasteiger partial charge in [0, 0.05) is 4.70 Å². The Morgan fingerprint density at radius 2 is 2.23 bits per heavy atom. The van der Waals surface area contributed by atoms with Gasteiger partial charge in [-0.15, -0.1) is 11.3 Å². The van der Waals surface area contributed by atoms with Gasteiger partial charge in [-0.3, -0.25) is 0 Å². The molecule has 0 amide bonds. The molecule has 0 unspecified atom stereocenters. The molecule has 0 bridgehead atoms. The number of fused-ring (bicyclic) bond motifs is 1. The maximum atomic E-state index is 10.8. The molecule has 0 aliphatic carbocycles. The molecule has 2 nitrogen and oxygen atoms in total. The zero-order valence-electron chi connectivity index (χ0n) is 7.07. The number of carbonyl (C=O) groups is 1. The van der Waals surface area contributed by atoms with Crippen LogP contribution >= 0.6 is 11.3 Å². The molecule has 1 aromatic carbocycles. The van der Waals surface area contributed by atoms with Crippen molar-refractivity contribution in [1.82, 2.24) is 0 Å². The Morgan fingerprint density at radius 1 is 1.46 bits per heavy atom. The Morgan fingerprint density at radius 3 is 2.92 bits per heavy atom. The molecule has 0 aliphatic rings. The van der Waals surface area contributed by atoms with Crippen molar-refractivity contribution < 1.29 is 9.90 Å². The van der Waals surface area contributed by atoms with Crippen molar-refractivity contribution in [2.45, 2.75) is 6.92 Å². The molecule has 1 aromatic heterocycles. The van der Waals surface area contributed by atoms with Crippen molar-refractivity contribution in [1.29, 1.82) is 0 Å². The third-order valence-corrected chi connectivity index (χ3v) is 3.17. The average Bonchev–Trinajstić information content (AvgIpc) is 2.48. The lowest BCUT2D eigenvalue weighted by Gasteiger charge is -1.96. The van der Waals surface area contributed by atoms with Gasteiger partial charge >= 0.3 is 5.97 Å². The molecule has 66 valence electrons. The van der Waals surface area contributed by atoms with E-state index in [0.717, 1.165) is 15.6 Å². The topological polar surface area (TPSA) is 37.3 Å². The highest BCUT2D eigenvalue weighted by molar-refractivity contribution is 7.17. The molecule has 13 heavy (non-hydrogen) atoms. The largest absolute Gasteiger partial charge is 0.478 e. The first-order valence-corrected chi connectivity index (χ1v) is 4.78. The fourth-order valence-corrected chi connectivity index (χ4v) is 2.41. The monoisotopic (exact) mass is 192 g/mol. The van der Waals surface area contributed by atoms with Gasteiger partial charge in [0.15, 0.2) is 0 Å². The van der Waals surface area contributed by atoms with E-state index in [9.17, 15) is 4.79 Å². The summed E-state index contributed by atoms with van der Waals surface area (Å²) in [5.74, 6) is -0.854. The third-order valence-electron chi connectivity index (χ3n) is 2.02. The lowest BCUT2D eigenvalue weighted by Crippen LogP contribution is -1.95. The van der Waals surface area contributed by atoms with Crippen LogP contribution < -0.4 is 0 Å². The number of aryl methyl sites for hydroxylation is 1. The van der Waals surface area contributed by atoms with Crippen molar-refractivity contribution in [2.75, 3.05) is 0 Å². The first-order chi connectivity index (χ1) is 6.20. The molecule has 1 N–H and O–H groups in total. The summed E-state index contributed by atoms with van der Waals surface area (Å²) in [6.07, 6.45) is 0. The Bertz CT molecular complexity index is 471. The van der Waals surface area contributed by atoms with Crippen LogP contribution in [-0.2, 0) is 0 Å². The minimum Gasteiger partial charge on any atom is -0.478 e. The predicted octanol–water partition coefficient (Wildman–Crippen LogP) is 2.91. The Kier molecular flexibility index (Phi) is 1.81. The van der Waals surface area contributed by atoms with Crippen molar-refractivity contribution in [3.8, 4) is 0 Å². The molecule has 3 heteroatoms. The van der Waals surface area contributed by atoms with E-state index >= 15 is 0 Å². The minimum absolute atomic E-state index is 0.399. The normalized spacial score (nSPS) is 10.5. The summed E-state index contributed by atoms with van der Waals surface area (Å²) < 4.78 is 0.868. The Labute approximate surface area is 79.4 Å². The second-order valence-corrected chi connectivity index (χ2v) is 3.79. The van der Waals surface area contributed by atoms with Gasteiger partial charge in [0.25, 0.3) is 0 Å². The van der Waals surface area contributed by atoms with Crippen LogP contribution in [0.15, 0.2) is 23.6 Å². The maximum Gasteiger partial charge on any atom is 0.337 e. The fraction of sp³-hybridized carbons (Fsp3) is 0.100. The zero-order chi connectivity index (χ0) is 9.42. The highest BCUT2D eigenvalue weighted by atomic mass is 32.1. The zero-order valence-corrected chi connectivity index (χ0v) is 7.89. The molecule has 2 aromatic rings. The highest BCUT2D eigenvalue weighted by Crippen LogP contribution is 2.28. The van der Waals surface area contributed by atoms with Gasteiger partial charge in [-0.25, -0.2) is 4.79 Å². The van der Waals surface area contributed by atoms with Gasteiger partial charge in [-0.2, -0.15) is 0 Å². The van der Waals surface area contributed by atoms with Gasteiger partial charge < -0.3 is 5.11 Å². The molecule has 0 radical (unpaired) electrons. The van der Waals surface area contributed by atoms with Gasteiger partial charge in [0.2, 0.25) is 0 Å². The molecular weight excluding hydrogens is 184 g/mol. The minimum atomic E-state index is -0.854. The summed E-state index contributed by atoms with van der Waals surface area (Å²) in [7, 11) is 0. The van der Waals surface area contributed by atoms with Crippen molar-refractivity contribution >= 4 is 27.4 Å². The number of carboxylic acids is 1. The second-order valence-electron chi connectivity index (χ2n) is 2.91. The summed E-state index contributed by atoms with van der Waals surface area (Å²) in [5.41, 5.74) is 1.54. The van der Waals surface area contributed by atoms with E-state index in [0.29, 0.717) is 5.56 Å². The van der Waals surface area contributed by atoms with Crippen LogP contribution in [0.3, 0.4) is 0 Å². The number of hydrogen-bond acceptors (Lipinski definition) is 2. The maximum absolute atomic E-state index is 10.8. The molecule has 0 saturated carbocycles. The number of rotatable bonds is 1. The SMILES string of the molecule is Cc1csc2c(C(=O)O)cccc12. The standard InChI is InChI=1S/C10H8O2S/c1-6-5-13-9-7(6)3-2-4-8(9)10(11)12/h2-5H,1H3,(H,11,12). The second kappa shape index (κ2) is 2.85. The van der Waals surface area contributed by atoms with E-state index < -0.39 is 5.97 Å². The molecule has 0 atom stereocenters. The van der Waals surface area contributed by atoms with Gasteiger partial charge in [0.05, 0.1) is 5.56 Å². The molecule has 1 heterocycles. The van der Waals surface area contributed by atoms with Crippen molar-refractivity contribution in [2.24, 2.45) is 0 Å². The van der Waals surface area contributed by atoms with Crippen LogP contribution in [-0.4, -0.2) is 11.1 Å². The van der Waals surface area contributed by atoms with Crippen LogP contribution in [0, 0.1) is 6.92 Å². The lowest BCUT2D eigenvalue weighted by atomic mass is 10.1. The summed E-state index contributed by atoms with van der Waals surface area (Å²) in [6, 6.07) is 5.37.